The molecule has 0 aromatic heterocycles. The molecule has 1 fully saturated rings. The maximum absolute atomic E-state index is 10.1. The molecule has 1 atom stereocenters. The van der Waals surface area contributed by atoms with E-state index in [4.69, 9.17) is 0 Å². The first-order valence-corrected chi connectivity index (χ1v) is 7.42. The van der Waals surface area contributed by atoms with Crippen LogP contribution >= 0.6 is 0 Å². The Bertz CT molecular complexity index is 346. The second kappa shape index (κ2) is 6.38. The molecule has 1 aliphatic rings. The Morgan fingerprint density at radius 1 is 1.11 bits per heavy atom. The van der Waals surface area contributed by atoms with Crippen molar-refractivity contribution in [2.24, 2.45) is 5.92 Å². The summed E-state index contributed by atoms with van der Waals surface area (Å²) in [4.78, 5) is 0. The highest BCUT2D eigenvalue weighted by Crippen LogP contribution is 2.29. The van der Waals surface area contributed by atoms with E-state index in [-0.39, 0.29) is 6.10 Å². The van der Waals surface area contributed by atoms with Crippen molar-refractivity contribution in [3.05, 3.63) is 35.4 Å². The second-order valence-corrected chi connectivity index (χ2v) is 6.14. The predicted octanol–water partition coefficient (Wildman–Crippen LogP) is 4.29. The van der Waals surface area contributed by atoms with Crippen molar-refractivity contribution in [3.63, 3.8) is 0 Å². The van der Waals surface area contributed by atoms with Crippen molar-refractivity contribution in [1.82, 2.24) is 0 Å². The van der Waals surface area contributed by atoms with Crippen LogP contribution in [0.15, 0.2) is 24.3 Å². The van der Waals surface area contributed by atoms with Crippen LogP contribution in [0.1, 0.15) is 63.0 Å². The number of aliphatic hydroxyl groups excluding tert-OH is 1. The first kappa shape index (κ1) is 13.6. The van der Waals surface area contributed by atoms with Crippen LogP contribution in [0.25, 0.3) is 0 Å². The second-order valence-electron chi connectivity index (χ2n) is 6.14. The lowest BCUT2D eigenvalue weighted by molar-refractivity contribution is 0.143. The highest BCUT2D eigenvalue weighted by molar-refractivity contribution is 5.25. The van der Waals surface area contributed by atoms with Gasteiger partial charge in [-0.2, -0.15) is 0 Å². The lowest BCUT2D eigenvalue weighted by atomic mass is 9.94. The highest BCUT2D eigenvalue weighted by atomic mass is 16.3. The van der Waals surface area contributed by atoms with Crippen LogP contribution in [0.5, 0.6) is 0 Å². The van der Waals surface area contributed by atoms with Crippen LogP contribution in [0.2, 0.25) is 0 Å². The smallest absolute Gasteiger partial charge is 0.0583 e. The van der Waals surface area contributed by atoms with Crippen molar-refractivity contribution in [3.8, 4) is 0 Å². The van der Waals surface area contributed by atoms with E-state index in [2.05, 4.69) is 38.1 Å². The van der Waals surface area contributed by atoms with Gasteiger partial charge in [0.05, 0.1) is 6.10 Å². The van der Waals surface area contributed by atoms with Crippen LogP contribution in [0, 0.1) is 5.92 Å². The SMILES string of the molecule is CC(C)c1ccc(CC(O)CC2CCCC2)cc1. The monoisotopic (exact) mass is 246 g/mol. The van der Waals surface area contributed by atoms with Crippen molar-refractivity contribution >= 4 is 0 Å². The molecular formula is C17H26O. The zero-order valence-electron chi connectivity index (χ0n) is 11.7. The third kappa shape index (κ3) is 3.84. The predicted molar refractivity (Wildman–Crippen MR) is 76.8 cm³/mol. The van der Waals surface area contributed by atoms with Crippen molar-refractivity contribution in [2.75, 3.05) is 0 Å². The van der Waals surface area contributed by atoms with E-state index >= 15 is 0 Å². The maximum atomic E-state index is 10.1. The fourth-order valence-corrected chi connectivity index (χ4v) is 3.02. The molecule has 0 spiro atoms. The molecule has 1 nitrogen and oxygen atoms in total. The Morgan fingerprint density at radius 2 is 1.72 bits per heavy atom. The van der Waals surface area contributed by atoms with Gasteiger partial charge < -0.3 is 5.11 Å². The van der Waals surface area contributed by atoms with E-state index in [0.29, 0.717) is 5.92 Å². The fraction of sp³-hybridized carbons (Fsp3) is 0.647. The third-order valence-electron chi connectivity index (χ3n) is 4.20. The Labute approximate surface area is 111 Å². The van der Waals surface area contributed by atoms with Gasteiger partial charge >= 0.3 is 0 Å². The number of hydrogen-bond donors (Lipinski definition) is 1. The quantitative estimate of drug-likeness (QED) is 0.821. The molecule has 1 N–H and O–H groups in total. The average Bonchev–Trinajstić information content (AvgIpc) is 2.82. The maximum Gasteiger partial charge on any atom is 0.0583 e. The molecule has 1 aliphatic carbocycles. The van der Waals surface area contributed by atoms with Gasteiger partial charge in [-0.3, -0.25) is 0 Å². The van der Waals surface area contributed by atoms with E-state index in [1.54, 1.807) is 0 Å². The lowest BCUT2D eigenvalue weighted by Gasteiger charge is -2.15. The normalized spacial score (nSPS) is 18.4. The van der Waals surface area contributed by atoms with Crippen molar-refractivity contribution in [2.45, 2.75) is 64.4 Å². The van der Waals surface area contributed by atoms with Gasteiger partial charge in [-0.1, -0.05) is 63.8 Å². The van der Waals surface area contributed by atoms with Crippen LogP contribution in [0.4, 0.5) is 0 Å². The van der Waals surface area contributed by atoms with Crippen LogP contribution in [0.3, 0.4) is 0 Å². The summed E-state index contributed by atoms with van der Waals surface area (Å²) in [5.74, 6) is 1.36. The van der Waals surface area contributed by atoms with Crippen LogP contribution in [-0.2, 0) is 6.42 Å². The number of rotatable bonds is 5. The summed E-state index contributed by atoms with van der Waals surface area (Å²) in [6.45, 7) is 4.42. The van der Waals surface area contributed by atoms with Crippen LogP contribution in [-0.4, -0.2) is 11.2 Å². The van der Waals surface area contributed by atoms with Gasteiger partial charge in [-0.15, -0.1) is 0 Å². The van der Waals surface area contributed by atoms with E-state index in [1.165, 1.54) is 36.8 Å². The molecule has 100 valence electrons. The molecular weight excluding hydrogens is 220 g/mol. The molecule has 1 aromatic carbocycles. The zero-order valence-corrected chi connectivity index (χ0v) is 11.7. The summed E-state index contributed by atoms with van der Waals surface area (Å²) in [7, 11) is 0. The average molecular weight is 246 g/mol. The summed E-state index contributed by atoms with van der Waals surface area (Å²) >= 11 is 0. The molecule has 2 rings (SSSR count). The molecule has 0 aliphatic heterocycles. The van der Waals surface area contributed by atoms with Gasteiger partial charge in [-0.25, -0.2) is 0 Å². The topological polar surface area (TPSA) is 20.2 Å². The van der Waals surface area contributed by atoms with Gasteiger partial charge in [0.25, 0.3) is 0 Å². The summed E-state index contributed by atoms with van der Waals surface area (Å²) in [6.07, 6.45) is 7.02. The van der Waals surface area contributed by atoms with Crippen LogP contribution < -0.4 is 0 Å². The lowest BCUT2D eigenvalue weighted by Crippen LogP contribution is -2.14. The van der Waals surface area contributed by atoms with Crippen molar-refractivity contribution in [1.29, 1.82) is 0 Å². The summed E-state index contributed by atoms with van der Waals surface area (Å²) in [5, 5.41) is 10.1. The summed E-state index contributed by atoms with van der Waals surface area (Å²) < 4.78 is 0. The molecule has 1 unspecified atom stereocenters. The fourth-order valence-electron chi connectivity index (χ4n) is 3.02. The molecule has 18 heavy (non-hydrogen) atoms. The molecule has 0 radical (unpaired) electrons. The largest absolute Gasteiger partial charge is 0.393 e. The minimum absolute atomic E-state index is 0.155. The molecule has 1 saturated carbocycles. The summed E-state index contributed by atoms with van der Waals surface area (Å²) in [6, 6.07) is 8.74. The first-order valence-electron chi connectivity index (χ1n) is 7.42. The molecule has 1 aromatic rings. The van der Waals surface area contributed by atoms with E-state index < -0.39 is 0 Å². The highest BCUT2D eigenvalue weighted by Gasteiger charge is 2.18. The standard InChI is InChI=1S/C17H26O/c1-13(2)16-9-7-15(8-10-16)12-17(18)11-14-5-3-4-6-14/h7-10,13-14,17-18H,3-6,11-12H2,1-2H3. The zero-order chi connectivity index (χ0) is 13.0. The Hall–Kier alpha value is -0.820. The number of hydrogen-bond acceptors (Lipinski definition) is 1. The molecule has 0 heterocycles. The molecule has 0 bridgehead atoms. The first-order chi connectivity index (χ1) is 8.65. The number of aliphatic hydroxyl groups is 1. The van der Waals surface area contributed by atoms with E-state index in [9.17, 15) is 5.11 Å². The third-order valence-corrected chi connectivity index (χ3v) is 4.20. The van der Waals surface area contributed by atoms with Gasteiger partial charge in [0.15, 0.2) is 0 Å². The molecule has 0 amide bonds. The Balaban J connectivity index is 1.84. The van der Waals surface area contributed by atoms with Crippen molar-refractivity contribution < 1.29 is 5.11 Å². The summed E-state index contributed by atoms with van der Waals surface area (Å²) in [5.41, 5.74) is 2.65. The Kier molecular flexibility index (Phi) is 4.82. The minimum atomic E-state index is -0.155. The van der Waals surface area contributed by atoms with Gasteiger partial charge in [-0.05, 0) is 35.8 Å². The molecule has 1 heteroatoms. The molecule has 0 saturated heterocycles. The number of benzene rings is 1. The van der Waals surface area contributed by atoms with Gasteiger partial charge in [0, 0.05) is 0 Å². The van der Waals surface area contributed by atoms with E-state index in [1.807, 2.05) is 0 Å². The van der Waals surface area contributed by atoms with Gasteiger partial charge in [0.1, 0.15) is 0 Å². The van der Waals surface area contributed by atoms with Gasteiger partial charge in [0.2, 0.25) is 0 Å². The van der Waals surface area contributed by atoms with E-state index in [0.717, 1.165) is 18.8 Å². The minimum Gasteiger partial charge on any atom is -0.393 e. The Morgan fingerprint density at radius 3 is 2.28 bits per heavy atom.